The number of ether oxygens (including phenoxy) is 1. The molecule has 1 amide bonds. The van der Waals surface area contributed by atoms with Crippen molar-refractivity contribution >= 4 is 35.0 Å². The van der Waals surface area contributed by atoms with Gasteiger partial charge in [-0.05, 0) is 52.7 Å². The molecule has 4 nitrogen and oxygen atoms in total. The molecule has 136 valence electrons. The Morgan fingerprint density at radius 3 is 2.44 bits per heavy atom. The molecule has 0 unspecified atom stereocenters. The Morgan fingerprint density at radius 1 is 1.04 bits per heavy atom. The maximum Gasteiger partial charge on any atom is 0.331 e. The number of carbonyl (C=O) groups excluding carboxylic acids is 2. The molecule has 6 heteroatoms. The van der Waals surface area contributed by atoms with Gasteiger partial charge in [0.25, 0.3) is 5.91 Å². The van der Waals surface area contributed by atoms with Crippen LogP contribution in [0.3, 0.4) is 0 Å². The van der Waals surface area contributed by atoms with Crippen LogP contribution in [0.1, 0.15) is 17.2 Å². The highest BCUT2D eigenvalue weighted by Crippen LogP contribution is 2.21. The van der Waals surface area contributed by atoms with Crippen LogP contribution in [0, 0.1) is 5.82 Å². The van der Waals surface area contributed by atoms with Gasteiger partial charge < -0.3 is 10.1 Å². The van der Waals surface area contributed by atoms with Crippen LogP contribution in [0.4, 0.5) is 10.1 Å². The summed E-state index contributed by atoms with van der Waals surface area (Å²) in [5.74, 6) is -1.56. The summed E-state index contributed by atoms with van der Waals surface area (Å²) in [4.78, 5) is 24.9. The average molecular weight is 381 g/mol. The molecule has 0 aliphatic heterocycles. The molecule has 0 fully saturated rings. The van der Waals surface area contributed by atoms with E-state index in [1.54, 1.807) is 36.4 Å². The van der Waals surface area contributed by atoms with E-state index >= 15 is 0 Å². The minimum absolute atomic E-state index is 0.405. The fourth-order valence-electron chi connectivity index (χ4n) is 2.33. The van der Waals surface area contributed by atoms with Gasteiger partial charge in [-0.1, -0.05) is 30.3 Å². The summed E-state index contributed by atoms with van der Waals surface area (Å²) in [5.41, 5.74) is 1.82. The molecule has 1 heterocycles. The van der Waals surface area contributed by atoms with Crippen molar-refractivity contribution < 1.29 is 18.7 Å². The Hall–Kier alpha value is -3.25. The van der Waals surface area contributed by atoms with E-state index in [1.807, 2.05) is 16.8 Å². The van der Waals surface area contributed by atoms with Crippen LogP contribution in [0.5, 0.6) is 0 Å². The number of nitrogens with one attached hydrogen (secondary N) is 1. The third-order valence-electron chi connectivity index (χ3n) is 3.64. The van der Waals surface area contributed by atoms with Gasteiger partial charge >= 0.3 is 5.97 Å². The van der Waals surface area contributed by atoms with Crippen molar-refractivity contribution in [1.29, 1.82) is 0 Å². The number of halogens is 1. The highest BCUT2D eigenvalue weighted by atomic mass is 32.1. The Labute approximate surface area is 159 Å². The van der Waals surface area contributed by atoms with E-state index in [4.69, 9.17) is 4.74 Å². The zero-order valence-electron chi connectivity index (χ0n) is 14.2. The zero-order valence-corrected chi connectivity index (χ0v) is 15.0. The van der Waals surface area contributed by atoms with Crippen molar-refractivity contribution in [3.05, 3.63) is 94.4 Å². The molecule has 1 atom stereocenters. The second kappa shape index (κ2) is 8.91. The third-order valence-corrected chi connectivity index (χ3v) is 4.34. The summed E-state index contributed by atoms with van der Waals surface area (Å²) in [7, 11) is 0. The van der Waals surface area contributed by atoms with Crippen LogP contribution in [0.15, 0.2) is 77.5 Å². The van der Waals surface area contributed by atoms with Crippen molar-refractivity contribution in [3.63, 3.8) is 0 Å². The molecule has 0 saturated heterocycles. The van der Waals surface area contributed by atoms with Crippen LogP contribution < -0.4 is 5.32 Å². The average Bonchev–Trinajstić information content (AvgIpc) is 3.20. The fraction of sp³-hybridized carbons (Fsp3) is 0.0476. The lowest BCUT2D eigenvalue weighted by molar-refractivity contribution is -0.149. The molecule has 0 bridgehead atoms. The van der Waals surface area contributed by atoms with Crippen LogP contribution >= 0.6 is 11.3 Å². The molecule has 2 aromatic carbocycles. The Morgan fingerprint density at radius 2 is 1.78 bits per heavy atom. The SMILES string of the molecule is O=C(/C=C/c1ccsc1)O[C@@H](C(=O)Nc1ccc(F)cc1)c1ccccc1. The number of hydrogen-bond donors (Lipinski definition) is 1. The van der Waals surface area contributed by atoms with Crippen LogP contribution in [0.25, 0.3) is 6.08 Å². The Bertz CT molecular complexity index is 922. The normalized spacial score (nSPS) is 11.9. The zero-order chi connectivity index (χ0) is 19.1. The molecule has 3 aromatic rings. The molecule has 0 saturated carbocycles. The summed E-state index contributed by atoms with van der Waals surface area (Å²) in [5, 5.41) is 6.42. The van der Waals surface area contributed by atoms with Crippen LogP contribution in [-0.2, 0) is 14.3 Å². The standard InChI is InChI=1S/C21H16FNO3S/c22-17-7-9-18(10-8-17)23-21(25)20(16-4-2-1-3-5-16)26-19(24)11-6-15-12-13-27-14-15/h1-14,20H,(H,23,25)/b11-6+/t20-/m1/s1. The Kier molecular flexibility index (Phi) is 6.12. The van der Waals surface area contributed by atoms with Crippen LogP contribution in [-0.4, -0.2) is 11.9 Å². The van der Waals surface area contributed by atoms with Crippen molar-refractivity contribution in [3.8, 4) is 0 Å². The van der Waals surface area contributed by atoms with E-state index in [-0.39, 0.29) is 0 Å². The molecule has 27 heavy (non-hydrogen) atoms. The van der Waals surface area contributed by atoms with E-state index in [1.165, 1.54) is 41.7 Å². The summed E-state index contributed by atoms with van der Waals surface area (Å²) in [6, 6.07) is 15.9. The van der Waals surface area contributed by atoms with Gasteiger partial charge in [0.05, 0.1) is 0 Å². The van der Waals surface area contributed by atoms with Gasteiger partial charge in [-0.3, -0.25) is 4.79 Å². The lowest BCUT2D eigenvalue weighted by Gasteiger charge is -2.17. The smallest absolute Gasteiger partial charge is 0.331 e. The van der Waals surface area contributed by atoms with E-state index in [0.717, 1.165) is 5.56 Å². The lowest BCUT2D eigenvalue weighted by atomic mass is 10.1. The summed E-state index contributed by atoms with van der Waals surface area (Å²) in [6.45, 7) is 0. The van der Waals surface area contributed by atoms with Crippen molar-refractivity contribution in [1.82, 2.24) is 0 Å². The first-order chi connectivity index (χ1) is 13.1. The number of hydrogen-bond acceptors (Lipinski definition) is 4. The summed E-state index contributed by atoms with van der Waals surface area (Å²) < 4.78 is 18.4. The molecule has 0 radical (unpaired) electrons. The van der Waals surface area contributed by atoms with Gasteiger partial charge in [0.2, 0.25) is 6.10 Å². The number of esters is 1. The minimum Gasteiger partial charge on any atom is -0.444 e. The number of amides is 1. The topological polar surface area (TPSA) is 55.4 Å². The Balaban J connectivity index is 1.75. The number of benzene rings is 2. The summed E-state index contributed by atoms with van der Waals surface area (Å²) in [6.07, 6.45) is 1.78. The maximum atomic E-state index is 13.0. The van der Waals surface area contributed by atoms with E-state index in [0.29, 0.717) is 11.3 Å². The highest BCUT2D eigenvalue weighted by molar-refractivity contribution is 7.08. The molecule has 0 aliphatic rings. The molecular weight excluding hydrogens is 365 g/mol. The first-order valence-corrected chi connectivity index (χ1v) is 9.08. The van der Waals surface area contributed by atoms with E-state index in [9.17, 15) is 14.0 Å². The predicted octanol–water partition coefficient (Wildman–Crippen LogP) is 4.82. The predicted molar refractivity (Wildman–Crippen MR) is 104 cm³/mol. The molecule has 0 aliphatic carbocycles. The number of carbonyl (C=O) groups is 2. The summed E-state index contributed by atoms with van der Waals surface area (Å²) >= 11 is 1.51. The minimum atomic E-state index is -1.13. The molecule has 1 aromatic heterocycles. The first-order valence-electron chi connectivity index (χ1n) is 8.14. The molecule has 1 N–H and O–H groups in total. The lowest BCUT2D eigenvalue weighted by Crippen LogP contribution is -2.25. The van der Waals surface area contributed by atoms with Gasteiger partial charge in [0, 0.05) is 17.3 Å². The molecular formula is C21H16FNO3S. The van der Waals surface area contributed by atoms with Gasteiger partial charge in [-0.2, -0.15) is 11.3 Å². The number of anilines is 1. The second-order valence-corrected chi connectivity index (χ2v) is 6.39. The largest absolute Gasteiger partial charge is 0.444 e. The van der Waals surface area contributed by atoms with Gasteiger partial charge in [-0.15, -0.1) is 0 Å². The number of thiophene rings is 1. The van der Waals surface area contributed by atoms with Gasteiger partial charge in [0.1, 0.15) is 5.82 Å². The van der Waals surface area contributed by atoms with Crippen molar-refractivity contribution in [2.24, 2.45) is 0 Å². The van der Waals surface area contributed by atoms with E-state index in [2.05, 4.69) is 5.32 Å². The van der Waals surface area contributed by atoms with E-state index < -0.39 is 23.8 Å². The molecule has 3 rings (SSSR count). The number of rotatable bonds is 6. The first kappa shape index (κ1) is 18.5. The fourth-order valence-corrected chi connectivity index (χ4v) is 2.96. The quantitative estimate of drug-likeness (QED) is 0.492. The van der Waals surface area contributed by atoms with Gasteiger partial charge in [0.15, 0.2) is 0 Å². The maximum absolute atomic E-state index is 13.0. The van der Waals surface area contributed by atoms with Gasteiger partial charge in [-0.25, -0.2) is 9.18 Å². The van der Waals surface area contributed by atoms with Crippen molar-refractivity contribution in [2.75, 3.05) is 5.32 Å². The second-order valence-electron chi connectivity index (χ2n) is 5.61. The highest BCUT2D eigenvalue weighted by Gasteiger charge is 2.24. The molecule has 0 spiro atoms. The third kappa shape index (κ3) is 5.36. The van der Waals surface area contributed by atoms with Crippen molar-refractivity contribution in [2.45, 2.75) is 6.10 Å². The van der Waals surface area contributed by atoms with Crippen LogP contribution in [0.2, 0.25) is 0 Å². The monoisotopic (exact) mass is 381 g/mol.